The molecule has 12 N–H and O–H groups in total. The van der Waals surface area contributed by atoms with Crippen LogP contribution >= 0.6 is 23.2 Å². The molecule has 0 saturated carbocycles. The molecule has 1 aromatic carbocycles. The van der Waals surface area contributed by atoms with Crippen LogP contribution in [0.15, 0.2) is 39.0 Å². The molecule has 2 aromatic heterocycles. The van der Waals surface area contributed by atoms with E-state index < -0.39 is 102 Å². The zero-order chi connectivity index (χ0) is 48.3. The molecular weight excluding hydrogens is 1020 g/mol. The summed E-state index contributed by atoms with van der Waals surface area (Å²) in [6, 6.07) is 2.52. The third-order valence-electron chi connectivity index (χ3n) is 6.93. The van der Waals surface area contributed by atoms with Crippen molar-refractivity contribution in [2.24, 2.45) is 0 Å². The Morgan fingerprint density at radius 2 is 1.06 bits per heavy atom. The second-order valence-electron chi connectivity index (χ2n) is 11.9. The number of rotatable bonds is 32. The number of benzene rings is 1. The lowest BCUT2D eigenvalue weighted by Gasteiger charge is -2.14. The van der Waals surface area contributed by atoms with E-state index in [2.05, 4.69) is 78.9 Å². The standard InChI is InChI=1S/C27H43Cl2N15O16S5/c1-18(63(52,53)58-33-10-13-45)4-5-30-24-39-22(28)40-25(43-24)31-6-8-36-61(48,49)17-62(50,51)37-9-7-32-26-41-23(29)42-27(44-26)38-20-16-19(64(54,55)59-34-11-14-46)2-3-21(20)65(56,57)60-35-12-15-47/h2-4,16,33-37,45-47H,5-15,17H2,1H3,(H2,30,31,39,40,43)(H2,32,38,41,42,44)/b18-4+. The lowest BCUT2D eigenvalue weighted by atomic mass is 10.3. The lowest BCUT2D eigenvalue weighted by molar-refractivity contribution is 0.169. The third-order valence-corrected chi connectivity index (χ3v) is 14.7. The Balaban J connectivity index is 1.57. The number of aromatic nitrogens is 6. The van der Waals surface area contributed by atoms with Crippen molar-refractivity contribution in [2.45, 2.75) is 16.7 Å². The summed E-state index contributed by atoms with van der Waals surface area (Å²) in [6.45, 7) is -2.07. The van der Waals surface area contributed by atoms with Gasteiger partial charge in [-0.05, 0) is 54.4 Å². The highest BCUT2D eigenvalue weighted by atomic mass is 35.5. The zero-order valence-electron chi connectivity index (χ0n) is 33.4. The van der Waals surface area contributed by atoms with Crippen LogP contribution < -0.4 is 47.2 Å². The summed E-state index contributed by atoms with van der Waals surface area (Å²) in [5, 5.41) is 34.9. The van der Waals surface area contributed by atoms with E-state index in [9.17, 15) is 42.1 Å². The van der Waals surface area contributed by atoms with Crippen LogP contribution in [0.1, 0.15) is 6.92 Å². The zero-order valence-corrected chi connectivity index (χ0v) is 39.0. The van der Waals surface area contributed by atoms with Gasteiger partial charge >= 0.3 is 30.4 Å². The molecule has 366 valence electrons. The molecule has 0 unspecified atom stereocenters. The Morgan fingerprint density at radius 1 is 0.600 bits per heavy atom. The van der Waals surface area contributed by atoms with Crippen LogP contribution in [0.5, 0.6) is 0 Å². The van der Waals surface area contributed by atoms with Gasteiger partial charge in [0.2, 0.25) is 54.4 Å². The Morgan fingerprint density at radius 3 is 1.58 bits per heavy atom. The highest BCUT2D eigenvalue weighted by Crippen LogP contribution is 2.29. The van der Waals surface area contributed by atoms with Gasteiger partial charge in [-0.1, -0.05) is 0 Å². The van der Waals surface area contributed by atoms with E-state index in [1.54, 1.807) is 0 Å². The number of aliphatic hydroxyl groups is 3. The number of hydrogen-bond acceptors (Lipinski definition) is 29. The lowest BCUT2D eigenvalue weighted by Crippen LogP contribution is -2.39. The van der Waals surface area contributed by atoms with E-state index in [0.29, 0.717) is 0 Å². The molecule has 0 fully saturated rings. The minimum absolute atomic E-state index is 0.0882. The first-order valence-corrected chi connectivity index (χ1v) is 26.2. The monoisotopic (exact) mass is 1060 g/mol. The number of hydroxylamine groups is 3. The summed E-state index contributed by atoms with van der Waals surface area (Å²) in [5.41, 5.74) is 5.62. The molecule has 31 nitrogen and oxygen atoms in total. The topological polar surface area (TPSA) is 445 Å². The third kappa shape index (κ3) is 19.8. The highest BCUT2D eigenvalue weighted by molar-refractivity contribution is 8.06. The molecule has 65 heavy (non-hydrogen) atoms. The van der Waals surface area contributed by atoms with Crippen LogP contribution in [-0.4, -0.2) is 165 Å². The smallest absolute Gasteiger partial charge is 0.314 e. The van der Waals surface area contributed by atoms with Crippen molar-refractivity contribution in [3.05, 3.63) is 39.7 Å². The van der Waals surface area contributed by atoms with Gasteiger partial charge in [0.1, 0.15) is 4.90 Å². The van der Waals surface area contributed by atoms with Gasteiger partial charge in [0.05, 0.1) is 35.3 Å². The number of nitrogens with zero attached hydrogens (tertiary/aromatic N) is 6. The Labute approximate surface area is 382 Å². The van der Waals surface area contributed by atoms with Gasteiger partial charge in [-0.15, -0.1) is 0 Å². The Kier molecular flexibility index (Phi) is 22.0. The number of hydrogen-bond donors (Lipinski definition) is 12. The molecule has 3 rings (SSSR count). The van der Waals surface area contributed by atoms with Crippen molar-refractivity contribution in [3.8, 4) is 0 Å². The van der Waals surface area contributed by atoms with Gasteiger partial charge in [0.25, 0.3) is 0 Å². The fraction of sp³-hybridized carbons (Fsp3) is 0.481. The van der Waals surface area contributed by atoms with Crippen LogP contribution in [0.3, 0.4) is 0 Å². The fourth-order valence-electron chi connectivity index (χ4n) is 4.18. The predicted molar refractivity (Wildman–Crippen MR) is 229 cm³/mol. The van der Waals surface area contributed by atoms with Gasteiger partial charge in [0.15, 0.2) is 5.08 Å². The van der Waals surface area contributed by atoms with Crippen LogP contribution in [0.4, 0.5) is 29.5 Å². The first-order valence-electron chi connectivity index (χ1n) is 17.9. The Bertz CT molecular complexity index is 2660. The first-order chi connectivity index (χ1) is 30.5. The van der Waals surface area contributed by atoms with Crippen molar-refractivity contribution in [3.63, 3.8) is 0 Å². The minimum atomic E-state index is -4.70. The van der Waals surface area contributed by atoms with Crippen molar-refractivity contribution in [2.75, 3.05) is 98.5 Å². The molecule has 0 spiro atoms. The average Bonchev–Trinajstić information content (AvgIpc) is 3.20. The molecule has 0 saturated heterocycles. The summed E-state index contributed by atoms with van der Waals surface area (Å²) in [6.07, 6.45) is 1.24. The summed E-state index contributed by atoms with van der Waals surface area (Å²) in [7, 11) is -22.3. The second kappa shape index (κ2) is 25.8. The maximum Gasteiger partial charge on any atom is 0.314 e. The summed E-state index contributed by atoms with van der Waals surface area (Å²) >= 11 is 11.9. The molecule has 0 aliphatic rings. The molecule has 0 bridgehead atoms. The number of anilines is 5. The van der Waals surface area contributed by atoms with Gasteiger partial charge in [-0.25, -0.2) is 26.3 Å². The predicted octanol–water partition coefficient (Wildman–Crippen LogP) is -4.01. The van der Waals surface area contributed by atoms with E-state index in [-0.39, 0.29) is 80.5 Å². The largest absolute Gasteiger partial charge is 0.395 e. The molecule has 38 heteroatoms. The quantitative estimate of drug-likeness (QED) is 0.0209. The van der Waals surface area contributed by atoms with Crippen LogP contribution in [0.2, 0.25) is 10.6 Å². The number of sulfonamides is 2. The van der Waals surface area contributed by atoms with Crippen LogP contribution in [0, 0.1) is 0 Å². The average molecular weight is 1060 g/mol. The van der Waals surface area contributed by atoms with E-state index >= 15 is 0 Å². The fourth-order valence-corrected chi connectivity index (χ4v) is 10.1. The number of halogens is 2. The number of aliphatic hydroxyl groups excluding tert-OH is 3. The van der Waals surface area contributed by atoms with E-state index in [0.717, 1.165) is 18.2 Å². The van der Waals surface area contributed by atoms with E-state index in [4.69, 9.17) is 38.5 Å². The van der Waals surface area contributed by atoms with Crippen LogP contribution in [0.25, 0.3) is 0 Å². The molecule has 0 aliphatic carbocycles. The molecule has 2 heterocycles. The maximum atomic E-state index is 12.9. The molecule has 0 atom stereocenters. The van der Waals surface area contributed by atoms with Crippen molar-refractivity contribution >= 4 is 103 Å². The van der Waals surface area contributed by atoms with Crippen LogP contribution in [-0.2, 0) is 63.3 Å². The summed E-state index contributed by atoms with van der Waals surface area (Å²) in [4.78, 5) is 21.9. The summed E-state index contributed by atoms with van der Waals surface area (Å²) in [5.74, 6) is -0.972. The molecule has 0 aliphatic heterocycles. The summed E-state index contributed by atoms with van der Waals surface area (Å²) < 4.78 is 144. The van der Waals surface area contributed by atoms with Gasteiger partial charge in [-0.3, -0.25) is 0 Å². The van der Waals surface area contributed by atoms with Crippen molar-refractivity contribution in [1.29, 1.82) is 0 Å². The highest BCUT2D eigenvalue weighted by Gasteiger charge is 2.26. The van der Waals surface area contributed by atoms with Gasteiger partial charge in [-0.2, -0.15) is 84.4 Å². The number of nitrogens with one attached hydrogen (secondary N) is 9. The van der Waals surface area contributed by atoms with Gasteiger partial charge < -0.3 is 36.6 Å². The Hall–Kier alpha value is -3.93. The SMILES string of the molecule is C/C(=C\CNc1nc(Cl)nc(NCCNS(=O)(=O)CS(=O)(=O)NCCNc2nc(Cl)nc(Nc3cc(S(=O)(=O)ONCCO)ccc3S(=O)(=O)ONCCO)n2)n1)S(=O)(=O)ONCCO. The molecule has 3 aromatic rings. The molecule has 0 radical (unpaired) electrons. The normalized spacial score (nSPS) is 12.9. The van der Waals surface area contributed by atoms with Crippen molar-refractivity contribution < 1.29 is 70.3 Å². The van der Waals surface area contributed by atoms with E-state index in [1.807, 2.05) is 11.0 Å². The second-order valence-corrected chi connectivity index (χ2v) is 21.4. The first kappa shape index (κ1) is 55.4. The van der Waals surface area contributed by atoms with Gasteiger partial charge in [0, 0.05) is 52.4 Å². The number of allylic oxidation sites excluding steroid dienone is 1. The maximum absolute atomic E-state index is 12.9. The van der Waals surface area contributed by atoms with E-state index in [1.165, 1.54) is 13.0 Å². The molecular formula is C27H43Cl2N15O16S5. The van der Waals surface area contributed by atoms with Crippen molar-refractivity contribution in [1.82, 2.24) is 55.8 Å². The molecule has 0 amide bonds. The minimum Gasteiger partial charge on any atom is -0.395 e.